The van der Waals surface area contributed by atoms with Gasteiger partial charge in [0, 0.05) is 24.5 Å². The summed E-state index contributed by atoms with van der Waals surface area (Å²) in [6.07, 6.45) is 1.95. The molecule has 0 atom stereocenters. The molecule has 7 heteroatoms. The quantitative estimate of drug-likeness (QED) is 0.479. The summed E-state index contributed by atoms with van der Waals surface area (Å²) in [6.45, 7) is 0.522. The van der Waals surface area contributed by atoms with Crippen molar-refractivity contribution in [1.29, 1.82) is 0 Å². The van der Waals surface area contributed by atoms with Crippen molar-refractivity contribution < 1.29 is 14.1 Å². The molecular weight excluding hydrogens is 331 g/mol. The van der Waals surface area contributed by atoms with E-state index in [-0.39, 0.29) is 11.3 Å². The first-order chi connectivity index (χ1) is 9.38. The maximum Gasteiger partial charge on any atom is 0.282 e. The van der Waals surface area contributed by atoms with Gasteiger partial charge in [-0.15, -0.1) is 0 Å². The maximum absolute atomic E-state index is 13.2. The van der Waals surface area contributed by atoms with E-state index in [1.54, 1.807) is 7.05 Å². The molecule has 0 saturated heterocycles. The van der Waals surface area contributed by atoms with Crippen LogP contribution in [-0.2, 0) is 0 Å². The Labute approximate surface area is 124 Å². The fourth-order valence-electron chi connectivity index (χ4n) is 2.32. The number of carbonyl (C=O) groups excluding carboxylic acids is 1. The van der Waals surface area contributed by atoms with E-state index in [1.807, 2.05) is 0 Å². The number of nitro groups is 1. The van der Waals surface area contributed by atoms with Gasteiger partial charge in [0.1, 0.15) is 11.4 Å². The first-order valence-electron chi connectivity index (χ1n) is 6.22. The van der Waals surface area contributed by atoms with Gasteiger partial charge in [0.2, 0.25) is 0 Å². The Morgan fingerprint density at radius 2 is 2.20 bits per heavy atom. The largest absolute Gasteiger partial charge is 0.341 e. The second-order valence-electron chi connectivity index (χ2n) is 5.04. The molecule has 1 aromatic carbocycles. The lowest BCUT2D eigenvalue weighted by Gasteiger charge is -2.34. The number of rotatable bonds is 4. The zero-order valence-electron chi connectivity index (χ0n) is 10.9. The number of nitro benzene ring substituents is 1. The van der Waals surface area contributed by atoms with E-state index in [0.717, 1.165) is 31.0 Å². The summed E-state index contributed by atoms with van der Waals surface area (Å²) >= 11 is 3.47. The number of benzene rings is 1. The van der Waals surface area contributed by atoms with Crippen molar-refractivity contribution >= 4 is 27.5 Å². The van der Waals surface area contributed by atoms with E-state index in [4.69, 9.17) is 0 Å². The number of halogens is 2. The molecule has 1 fully saturated rings. The van der Waals surface area contributed by atoms with Crippen LogP contribution in [0.25, 0.3) is 0 Å². The molecule has 108 valence electrons. The number of alkyl halides is 1. The smallest absolute Gasteiger partial charge is 0.282 e. The SMILES string of the molecule is CN(CC1CC(Br)C1)C(=O)c1cc(F)ccc1[N+](=O)[O-]. The number of hydrogen-bond acceptors (Lipinski definition) is 3. The van der Waals surface area contributed by atoms with Crippen LogP contribution in [0.3, 0.4) is 0 Å². The summed E-state index contributed by atoms with van der Waals surface area (Å²) in [4.78, 5) is 24.4. The van der Waals surface area contributed by atoms with Gasteiger partial charge in [-0.2, -0.15) is 0 Å². The minimum atomic E-state index is -0.668. The second kappa shape index (κ2) is 5.87. The number of amides is 1. The fourth-order valence-corrected chi connectivity index (χ4v) is 3.38. The average molecular weight is 345 g/mol. The molecule has 1 aliphatic carbocycles. The molecule has 0 aliphatic heterocycles. The second-order valence-corrected chi connectivity index (χ2v) is 6.33. The summed E-state index contributed by atoms with van der Waals surface area (Å²) in [5.41, 5.74) is -0.567. The molecule has 0 radical (unpaired) electrons. The zero-order chi connectivity index (χ0) is 14.9. The number of hydrogen-bond donors (Lipinski definition) is 0. The highest BCUT2D eigenvalue weighted by Crippen LogP contribution is 2.34. The highest BCUT2D eigenvalue weighted by atomic mass is 79.9. The van der Waals surface area contributed by atoms with Gasteiger partial charge < -0.3 is 4.90 Å². The molecule has 2 rings (SSSR count). The average Bonchev–Trinajstić information content (AvgIpc) is 2.35. The van der Waals surface area contributed by atoms with Gasteiger partial charge in [-0.25, -0.2) is 4.39 Å². The van der Waals surface area contributed by atoms with Gasteiger partial charge >= 0.3 is 0 Å². The van der Waals surface area contributed by atoms with E-state index >= 15 is 0 Å². The predicted octanol–water partition coefficient (Wildman–Crippen LogP) is 2.98. The van der Waals surface area contributed by atoms with Crippen molar-refractivity contribution in [2.75, 3.05) is 13.6 Å². The van der Waals surface area contributed by atoms with Gasteiger partial charge in [-0.1, -0.05) is 15.9 Å². The summed E-state index contributed by atoms with van der Waals surface area (Å²) in [5.74, 6) is -0.785. The van der Waals surface area contributed by atoms with Crippen LogP contribution in [0.15, 0.2) is 18.2 Å². The summed E-state index contributed by atoms with van der Waals surface area (Å²) < 4.78 is 13.2. The fraction of sp³-hybridized carbons (Fsp3) is 0.462. The molecule has 0 bridgehead atoms. The van der Waals surface area contributed by atoms with Gasteiger partial charge in [0.15, 0.2) is 0 Å². The van der Waals surface area contributed by atoms with Crippen molar-refractivity contribution in [2.45, 2.75) is 17.7 Å². The topological polar surface area (TPSA) is 63.5 Å². The minimum absolute atomic E-state index is 0.202. The Morgan fingerprint density at radius 3 is 2.75 bits per heavy atom. The lowest BCUT2D eigenvalue weighted by Crippen LogP contribution is -2.38. The van der Waals surface area contributed by atoms with Crippen molar-refractivity contribution in [3.8, 4) is 0 Å². The van der Waals surface area contributed by atoms with Crippen LogP contribution < -0.4 is 0 Å². The predicted molar refractivity (Wildman–Crippen MR) is 75.5 cm³/mol. The van der Waals surface area contributed by atoms with Crippen LogP contribution in [0.2, 0.25) is 0 Å². The van der Waals surface area contributed by atoms with Crippen molar-refractivity contribution in [1.82, 2.24) is 4.90 Å². The molecule has 0 unspecified atom stereocenters. The van der Waals surface area contributed by atoms with Crippen molar-refractivity contribution in [3.63, 3.8) is 0 Å². The molecule has 1 saturated carbocycles. The van der Waals surface area contributed by atoms with Gasteiger partial charge in [-0.05, 0) is 30.9 Å². The van der Waals surface area contributed by atoms with Crippen LogP contribution in [-0.4, -0.2) is 34.2 Å². The third kappa shape index (κ3) is 3.15. The van der Waals surface area contributed by atoms with Gasteiger partial charge in [0.25, 0.3) is 11.6 Å². The lowest BCUT2D eigenvalue weighted by atomic mass is 9.85. The Balaban J connectivity index is 2.15. The van der Waals surface area contributed by atoms with Gasteiger partial charge in [0.05, 0.1) is 4.92 Å². The number of carbonyl (C=O) groups is 1. The minimum Gasteiger partial charge on any atom is -0.341 e. The van der Waals surface area contributed by atoms with Crippen LogP contribution in [0, 0.1) is 21.8 Å². The standard InChI is InChI=1S/C13H14BrFN2O3/c1-16(7-8-4-9(14)5-8)13(18)11-6-10(15)2-3-12(11)17(19)20/h2-3,6,8-9H,4-5,7H2,1H3. The first kappa shape index (κ1) is 14.9. The summed E-state index contributed by atoms with van der Waals surface area (Å²) in [5, 5.41) is 10.9. The Bertz CT molecular complexity index is 546. The zero-order valence-corrected chi connectivity index (χ0v) is 12.5. The summed E-state index contributed by atoms with van der Waals surface area (Å²) in [6, 6.07) is 2.93. The van der Waals surface area contributed by atoms with Crippen LogP contribution >= 0.6 is 15.9 Å². The van der Waals surface area contributed by atoms with Gasteiger partial charge in [-0.3, -0.25) is 14.9 Å². The van der Waals surface area contributed by atoms with E-state index in [0.29, 0.717) is 17.3 Å². The summed E-state index contributed by atoms with van der Waals surface area (Å²) in [7, 11) is 1.58. The van der Waals surface area contributed by atoms with Crippen LogP contribution in [0.5, 0.6) is 0 Å². The third-order valence-corrected chi connectivity index (χ3v) is 4.19. The van der Waals surface area contributed by atoms with E-state index in [9.17, 15) is 19.3 Å². The molecule has 0 N–H and O–H groups in total. The Morgan fingerprint density at radius 1 is 1.55 bits per heavy atom. The Kier molecular flexibility index (Phi) is 4.37. The Hall–Kier alpha value is -1.50. The third-order valence-electron chi connectivity index (χ3n) is 3.44. The van der Waals surface area contributed by atoms with Crippen molar-refractivity contribution in [2.24, 2.45) is 5.92 Å². The first-order valence-corrected chi connectivity index (χ1v) is 7.13. The van der Waals surface area contributed by atoms with Crippen LogP contribution in [0.4, 0.5) is 10.1 Å². The maximum atomic E-state index is 13.2. The van der Waals surface area contributed by atoms with Crippen molar-refractivity contribution in [3.05, 3.63) is 39.7 Å². The molecular formula is C13H14BrFN2O3. The molecule has 20 heavy (non-hydrogen) atoms. The number of nitrogens with zero attached hydrogens (tertiary/aromatic N) is 2. The van der Waals surface area contributed by atoms with Crippen LogP contribution in [0.1, 0.15) is 23.2 Å². The normalized spacial score (nSPS) is 21.1. The molecule has 1 aromatic rings. The molecule has 1 amide bonds. The monoisotopic (exact) mass is 344 g/mol. The van der Waals surface area contributed by atoms with E-state index < -0.39 is 16.6 Å². The molecule has 0 aromatic heterocycles. The molecule has 1 aliphatic rings. The molecule has 0 spiro atoms. The van der Waals surface area contributed by atoms with E-state index in [1.165, 1.54) is 4.90 Å². The highest BCUT2D eigenvalue weighted by molar-refractivity contribution is 9.09. The van der Waals surface area contributed by atoms with E-state index in [2.05, 4.69) is 15.9 Å². The molecule has 0 heterocycles. The lowest BCUT2D eigenvalue weighted by molar-refractivity contribution is -0.385. The highest BCUT2D eigenvalue weighted by Gasteiger charge is 2.30. The molecule has 5 nitrogen and oxygen atoms in total.